The maximum absolute atomic E-state index is 11.2. The Morgan fingerprint density at radius 1 is 1.35 bits per heavy atom. The predicted molar refractivity (Wildman–Crippen MR) is 70.1 cm³/mol. The molecule has 1 amide bonds. The lowest BCUT2D eigenvalue weighted by Gasteiger charge is -2.09. The Labute approximate surface area is 114 Å². The fourth-order valence-corrected chi connectivity index (χ4v) is 1.58. The molecular formula is C13H13N3O4. The number of hydrogen-bond donors (Lipinski definition) is 2. The van der Waals surface area contributed by atoms with Gasteiger partial charge >= 0.3 is 5.97 Å². The highest BCUT2D eigenvalue weighted by Crippen LogP contribution is 2.22. The van der Waals surface area contributed by atoms with Gasteiger partial charge < -0.3 is 15.2 Å². The third-order valence-corrected chi connectivity index (χ3v) is 2.58. The van der Waals surface area contributed by atoms with E-state index in [0.717, 1.165) is 0 Å². The van der Waals surface area contributed by atoms with Gasteiger partial charge in [0.25, 0.3) is 5.91 Å². The van der Waals surface area contributed by atoms with Gasteiger partial charge in [-0.2, -0.15) is 5.10 Å². The van der Waals surface area contributed by atoms with Crippen LogP contribution in [0.2, 0.25) is 0 Å². The average molecular weight is 275 g/mol. The van der Waals surface area contributed by atoms with Crippen LogP contribution in [0.15, 0.2) is 36.5 Å². The number of amides is 1. The number of ether oxygens (including phenoxy) is 1. The molecule has 2 aromatic rings. The SMILES string of the molecule is CNC(=O)COc1c(C(=O)O)cnn1-c1ccccc1. The fourth-order valence-electron chi connectivity index (χ4n) is 1.58. The monoisotopic (exact) mass is 275 g/mol. The van der Waals surface area contributed by atoms with Crippen molar-refractivity contribution >= 4 is 11.9 Å². The Balaban J connectivity index is 2.37. The van der Waals surface area contributed by atoms with Crippen molar-refractivity contribution in [2.24, 2.45) is 0 Å². The minimum Gasteiger partial charge on any atom is -0.477 e. The van der Waals surface area contributed by atoms with Crippen LogP contribution in [0.25, 0.3) is 5.69 Å². The highest BCUT2D eigenvalue weighted by Gasteiger charge is 2.20. The summed E-state index contributed by atoms with van der Waals surface area (Å²) in [6.45, 7) is -0.282. The molecule has 0 fully saturated rings. The molecule has 0 atom stereocenters. The van der Waals surface area contributed by atoms with E-state index in [9.17, 15) is 9.59 Å². The largest absolute Gasteiger partial charge is 0.477 e. The zero-order chi connectivity index (χ0) is 14.5. The second kappa shape index (κ2) is 5.87. The molecule has 0 aliphatic rings. The van der Waals surface area contributed by atoms with Crippen molar-refractivity contribution < 1.29 is 19.4 Å². The van der Waals surface area contributed by atoms with E-state index in [0.29, 0.717) is 5.69 Å². The molecule has 0 aliphatic heterocycles. The molecule has 0 unspecified atom stereocenters. The molecule has 0 saturated heterocycles. The first-order valence-electron chi connectivity index (χ1n) is 5.83. The van der Waals surface area contributed by atoms with Gasteiger partial charge in [-0.05, 0) is 12.1 Å². The standard InChI is InChI=1S/C13H13N3O4/c1-14-11(17)8-20-12-10(13(18)19)7-15-16(12)9-5-3-2-4-6-9/h2-7H,8H2,1H3,(H,14,17)(H,18,19). The van der Waals surface area contributed by atoms with E-state index in [1.54, 1.807) is 24.3 Å². The third-order valence-electron chi connectivity index (χ3n) is 2.58. The van der Waals surface area contributed by atoms with E-state index in [1.807, 2.05) is 6.07 Å². The van der Waals surface area contributed by atoms with Crippen LogP contribution >= 0.6 is 0 Å². The zero-order valence-corrected chi connectivity index (χ0v) is 10.7. The second-order valence-corrected chi connectivity index (χ2v) is 3.88. The van der Waals surface area contributed by atoms with Crippen LogP contribution in [0.3, 0.4) is 0 Å². The van der Waals surface area contributed by atoms with Crippen LogP contribution in [0.5, 0.6) is 5.88 Å². The van der Waals surface area contributed by atoms with Gasteiger partial charge in [0.05, 0.1) is 11.9 Å². The average Bonchev–Trinajstić information content (AvgIpc) is 2.89. The highest BCUT2D eigenvalue weighted by atomic mass is 16.5. The zero-order valence-electron chi connectivity index (χ0n) is 10.7. The Morgan fingerprint density at radius 2 is 2.05 bits per heavy atom. The van der Waals surface area contributed by atoms with E-state index in [1.165, 1.54) is 17.9 Å². The second-order valence-electron chi connectivity index (χ2n) is 3.88. The number of nitrogens with zero attached hydrogens (tertiary/aromatic N) is 2. The van der Waals surface area contributed by atoms with Gasteiger partial charge in [0, 0.05) is 7.05 Å². The number of carbonyl (C=O) groups is 2. The number of benzene rings is 1. The number of carboxylic acid groups (broad SMARTS) is 1. The minimum atomic E-state index is -1.17. The predicted octanol–water partition coefficient (Wildman–Crippen LogP) is 0.695. The van der Waals surface area contributed by atoms with Crippen molar-refractivity contribution in [1.82, 2.24) is 15.1 Å². The van der Waals surface area contributed by atoms with E-state index in [2.05, 4.69) is 10.4 Å². The van der Waals surface area contributed by atoms with Crippen molar-refractivity contribution in [3.05, 3.63) is 42.1 Å². The van der Waals surface area contributed by atoms with Crippen molar-refractivity contribution in [3.63, 3.8) is 0 Å². The van der Waals surface area contributed by atoms with Crippen LogP contribution in [0.4, 0.5) is 0 Å². The quantitative estimate of drug-likeness (QED) is 0.837. The van der Waals surface area contributed by atoms with E-state index < -0.39 is 5.97 Å². The summed E-state index contributed by atoms with van der Waals surface area (Å²) in [4.78, 5) is 22.4. The molecule has 2 rings (SSSR count). The van der Waals surface area contributed by atoms with Crippen molar-refractivity contribution in [3.8, 4) is 11.6 Å². The van der Waals surface area contributed by atoms with Gasteiger partial charge in [0.2, 0.25) is 5.88 Å². The summed E-state index contributed by atoms with van der Waals surface area (Å²) in [6, 6.07) is 8.92. The summed E-state index contributed by atoms with van der Waals surface area (Å²) in [7, 11) is 1.47. The normalized spacial score (nSPS) is 10.1. The number of para-hydroxylation sites is 1. The lowest BCUT2D eigenvalue weighted by atomic mass is 10.3. The van der Waals surface area contributed by atoms with E-state index in [4.69, 9.17) is 9.84 Å². The summed E-state index contributed by atoms with van der Waals surface area (Å²) in [5.74, 6) is -1.51. The van der Waals surface area contributed by atoms with Crippen LogP contribution in [0.1, 0.15) is 10.4 Å². The van der Waals surface area contributed by atoms with Crippen LogP contribution in [0, 0.1) is 0 Å². The summed E-state index contributed by atoms with van der Waals surface area (Å²) in [6.07, 6.45) is 1.19. The summed E-state index contributed by atoms with van der Waals surface area (Å²) in [5, 5.41) is 15.5. The van der Waals surface area contributed by atoms with Gasteiger partial charge in [0.1, 0.15) is 5.56 Å². The Hall–Kier alpha value is -2.83. The number of carbonyl (C=O) groups excluding carboxylic acids is 1. The number of rotatable bonds is 5. The minimum absolute atomic E-state index is 0.0206. The Kier molecular flexibility index (Phi) is 3.99. The number of hydrogen-bond acceptors (Lipinski definition) is 4. The van der Waals surface area contributed by atoms with Gasteiger partial charge in [-0.25, -0.2) is 9.48 Å². The molecule has 0 aliphatic carbocycles. The molecule has 0 radical (unpaired) electrons. The summed E-state index contributed by atoms with van der Waals surface area (Å²) in [5.41, 5.74) is 0.546. The number of nitrogens with one attached hydrogen (secondary N) is 1. The number of aromatic carboxylic acids is 1. The molecular weight excluding hydrogens is 262 g/mol. The molecule has 1 aromatic carbocycles. The topological polar surface area (TPSA) is 93.4 Å². The molecule has 7 heteroatoms. The molecule has 2 N–H and O–H groups in total. The Morgan fingerprint density at radius 3 is 2.65 bits per heavy atom. The van der Waals surface area contributed by atoms with Crippen molar-refractivity contribution in [2.45, 2.75) is 0 Å². The first-order valence-corrected chi connectivity index (χ1v) is 5.83. The van der Waals surface area contributed by atoms with Gasteiger partial charge in [-0.1, -0.05) is 18.2 Å². The highest BCUT2D eigenvalue weighted by molar-refractivity contribution is 5.90. The van der Waals surface area contributed by atoms with Crippen molar-refractivity contribution in [2.75, 3.05) is 13.7 Å². The van der Waals surface area contributed by atoms with Crippen LogP contribution < -0.4 is 10.1 Å². The molecule has 1 aromatic heterocycles. The molecule has 7 nitrogen and oxygen atoms in total. The molecule has 0 bridgehead atoms. The lowest BCUT2D eigenvalue weighted by Crippen LogP contribution is -2.25. The number of carboxylic acids is 1. The molecule has 104 valence electrons. The number of likely N-dealkylation sites (N-methyl/N-ethyl adjacent to an activating group) is 1. The van der Waals surface area contributed by atoms with Gasteiger partial charge in [-0.3, -0.25) is 4.79 Å². The van der Waals surface area contributed by atoms with Crippen LogP contribution in [-0.2, 0) is 4.79 Å². The first kappa shape index (κ1) is 13.6. The maximum atomic E-state index is 11.2. The lowest BCUT2D eigenvalue weighted by molar-refractivity contribution is -0.122. The molecule has 20 heavy (non-hydrogen) atoms. The van der Waals surface area contributed by atoms with Gasteiger partial charge in [0.15, 0.2) is 6.61 Å². The van der Waals surface area contributed by atoms with E-state index in [-0.39, 0.29) is 24.0 Å². The van der Waals surface area contributed by atoms with Gasteiger partial charge in [-0.15, -0.1) is 0 Å². The summed E-state index contributed by atoms with van der Waals surface area (Å²) >= 11 is 0. The molecule has 0 saturated carbocycles. The number of aromatic nitrogens is 2. The van der Waals surface area contributed by atoms with E-state index >= 15 is 0 Å². The summed E-state index contributed by atoms with van der Waals surface area (Å²) < 4.78 is 6.62. The third kappa shape index (κ3) is 2.77. The first-order chi connectivity index (χ1) is 9.63. The fraction of sp³-hybridized carbons (Fsp3) is 0.154. The smallest absolute Gasteiger partial charge is 0.342 e. The van der Waals surface area contributed by atoms with Crippen molar-refractivity contribution in [1.29, 1.82) is 0 Å². The Bertz CT molecular complexity index is 622. The maximum Gasteiger partial charge on any atom is 0.342 e. The van der Waals surface area contributed by atoms with Crippen LogP contribution in [-0.4, -0.2) is 40.4 Å². The molecule has 0 spiro atoms. The molecule has 1 heterocycles.